The highest BCUT2D eigenvalue weighted by Gasteiger charge is 2.51. The van der Waals surface area contributed by atoms with Gasteiger partial charge < -0.3 is 30.0 Å². The van der Waals surface area contributed by atoms with Crippen LogP contribution >= 0.6 is 13.5 Å². The van der Waals surface area contributed by atoms with Crippen molar-refractivity contribution in [3.05, 3.63) is 139 Å². The van der Waals surface area contributed by atoms with Gasteiger partial charge in [-0.05, 0) is 97.1 Å². The van der Waals surface area contributed by atoms with E-state index in [1.165, 1.54) is 0 Å². The normalized spacial score (nSPS) is 21.2. The highest BCUT2D eigenvalue weighted by molar-refractivity contribution is 7.59. The molecule has 3 N–H and O–H groups in total. The molecular formula is C52H66N4O7SSi. The number of carbonyl (C=O) groups is 5. The van der Waals surface area contributed by atoms with Gasteiger partial charge in [-0.1, -0.05) is 137 Å². The second kappa shape index (κ2) is 22.6. The largest absolute Gasteiger partial charge is 0.489 e. The Hall–Kier alpha value is -5.50. The van der Waals surface area contributed by atoms with E-state index in [2.05, 4.69) is 61.0 Å². The van der Waals surface area contributed by atoms with Crippen LogP contribution in [-0.4, -0.2) is 78.9 Å². The molecule has 4 amide bonds. The zero-order valence-corrected chi connectivity index (χ0v) is 40.6. The Morgan fingerprint density at radius 2 is 1.43 bits per heavy atom. The van der Waals surface area contributed by atoms with Crippen molar-refractivity contribution < 1.29 is 33.1 Å². The van der Waals surface area contributed by atoms with Crippen LogP contribution in [0.4, 0.5) is 0 Å². The van der Waals surface area contributed by atoms with Gasteiger partial charge in [0.25, 0.3) is 8.32 Å². The lowest BCUT2D eigenvalue weighted by Crippen LogP contribution is -2.68. The number of carbonyl (C=O) groups excluding carboxylic acids is 5. The van der Waals surface area contributed by atoms with E-state index in [0.717, 1.165) is 21.5 Å². The van der Waals surface area contributed by atoms with Crippen molar-refractivity contribution in [1.29, 1.82) is 0 Å². The smallest absolute Gasteiger partial charge is 0.262 e. The van der Waals surface area contributed by atoms with Crippen LogP contribution in [0.3, 0.4) is 0 Å². The van der Waals surface area contributed by atoms with Crippen molar-refractivity contribution >= 4 is 61.6 Å². The predicted molar refractivity (Wildman–Crippen MR) is 263 cm³/mol. The first kappa shape index (κ1) is 50.5. The fourth-order valence-electron chi connectivity index (χ4n) is 8.71. The molecule has 0 radical (unpaired) electrons. The molecule has 6 rings (SSSR count). The number of hydrogen-bond acceptors (Lipinski definition) is 7. The number of nitrogens with zero attached hydrogens (tertiary/aromatic N) is 1. The van der Waals surface area contributed by atoms with E-state index in [9.17, 15) is 24.0 Å². The number of unbranched alkanes of at least 4 members (excludes halogenated alkanes) is 1. The molecule has 5 atom stereocenters. The van der Waals surface area contributed by atoms with Gasteiger partial charge in [0.15, 0.2) is 5.78 Å². The Balaban J connectivity index is 0.00000793. The molecule has 13 heteroatoms. The fourth-order valence-corrected chi connectivity index (χ4v) is 13.4. The van der Waals surface area contributed by atoms with Crippen LogP contribution in [0.2, 0.25) is 5.04 Å². The van der Waals surface area contributed by atoms with E-state index < -0.39 is 55.8 Å². The standard InChI is InChI=1S/C52H64N4O7Si.H2S/c1-7-52(6)50(61)54-44(35-38-30-32-40(33-31-38)62-36-39-21-12-8-13-22-39)49(60)56-34-20-28-45(56)48(59)53-43(47(58)55-52)27-18-11-19-29-46(57)37(2)63-64(51(3,4)5,41-23-14-9-15-24-41)42-25-16-10-17-26-42;/h8-10,12-17,19,21-26,29-33,37,43-45H,7,11,18,20,27-28,34-36H2,1-6H3,(H,53,59)(H,54,61)(H,55,58);1H2/b29-19+;/t37-,43+,44+,45-,52+;/m1./s1. The summed E-state index contributed by atoms with van der Waals surface area (Å²) in [6.45, 7) is 12.5. The summed E-state index contributed by atoms with van der Waals surface area (Å²) in [5, 5.41) is 10.7. The summed E-state index contributed by atoms with van der Waals surface area (Å²) in [4.78, 5) is 71.6. The maximum absolute atomic E-state index is 14.3. The third-order valence-corrected chi connectivity index (χ3v) is 17.7. The van der Waals surface area contributed by atoms with Crippen molar-refractivity contribution in [2.45, 2.75) is 128 Å². The lowest BCUT2D eigenvalue weighted by atomic mass is 9.94. The van der Waals surface area contributed by atoms with Crippen LogP contribution in [0.1, 0.15) is 91.2 Å². The number of rotatable bonds is 16. The second-order valence-electron chi connectivity index (χ2n) is 18.2. The third kappa shape index (κ3) is 12.2. The van der Waals surface area contributed by atoms with Crippen LogP contribution < -0.4 is 31.1 Å². The summed E-state index contributed by atoms with van der Waals surface area (Å²) >= 11 is 0. The summed E-state index contributed by atoms with van der Waals surface area (Å²) in [6, 6.07) is 34.9. The Morgan fingerprint density at radius 1 is 0.831 bits per heavy atom. The molecular weight excluding hydrogens is 853 g/mol. The van der Waals surface area contributed by atoms with Gasteiger partial charge in [0, 0.05) is 13.0 Å². The van der Waals surface area contributed by atoms with Gasteiger partial charge in [0.1, 0.15) is 42.1 Å². The lowest BCUT2D eigenvalue weighted by molar-refractivity contribution is -0.144. The number of benzene rings is 4. The number of hydrogen-bond donors (Lipinski definition) is 3. The SMILES string of the molecule is CC[C@]1(C)NC(=O)[C@H](CCC/C=C/C(=O)[C@@H](C)O[Si](c2ccccc2)(c2ccccc2)C(C)(C)C)NC(=O)[C@H]2CCCN2C(=O)[C@H](Cc2ccc(OCc3ccccc3)cc2)NC1=O.S. The van der Waals surface area contributed by atoms with Gasteiger partial charge in [0.05, 0.1) is 0 Å². The van der Waals surface area contributed by atoms with Crippen molar-refractivity contribution in [3.8, 4) is 5.75 Å². The summed E-state index contributed by atoms with van der Waals surface area (Å²) in [6.07, 6.45) is 5.26. The Morgan fingerprint density at radius 3 is 2.02 bits per heavy atom. The minimum Gasteiger partial charge on any atom is -0.489 e. The molecule has 0 unspecified atom stereocenters. The Kier molecular flexibility index (Phi) is 17.6. The van der Waals surface area contributed by atoms with E-state index in [1.54, 1.807) is 37.8 Å². The maximum atomic E-state index is 14.3. The molecule has 2 saturated heterocycles. The summed E-state index contributed by atoms with van der Waals surface area (Å²) in [5.41, 5.74) is 0.474. The van der Waals surface area contributed by atoms with Crippen molar-refractivity contribution in [1.82, 2.24) is 20.9 Å². The first-order valence-electron chi connectivity index (χ1n) is 22.6. The van der Waals surface area contributed by atoms with Gasteiger partial charge in [-0.15, -0.1) is 0 Å². The third-order valence-electron chi connectivity index (χ3n) is 12.6. The first-order valence-corrected chi connectivity index (χ1v) is 24.5. The molecule has 0 saturated carbocycles. The van der Waals surface area contributed by atoms with Crippen LogP contribution in [0.5, 0.6) is 5.75 Å². The van der Waals surface area contributed by atoms with Crippen LogP contribution in [0, 0.1) is 0 Å². The van der Waals surface area contributed by atoms with E-state index >= 15 is 0 Å². The summed E-state index contributed by atoms with van der Waals surface area (Å²) in [5.74, 6) is -1.22. The quantitative estimate of drug-likeness (QED) is 0.0668. The molecule has 4 aromatic rings. The average Bonchev–Trinajstić information content (AvgIpc) is 3.80. The minimum atomic E-state index is -2.96. The van der Waals surface area contributed by atoms with E-state index in [4.69, 9.17) is 9.16 Å². The van der Waals surface area contributed by atoms with E-state index in [-0.39, 0.29) is 49.5 Å². The van der Waals surface area contributed by atoms with E-state index in [1.807, 2.05) is 91.0 Å². The molecule has 2 heterocycles. The van der Waals surface area contributed by atoms with Crippen LogP contribution in [0.15, 0.2) is 127 Å². The highest BCUT2D eigenvalue weighted by atomic mass is 32.1. The second-order valence-corrected chi connectivity index (χ2v) is 22.5. The molecule has 0 spiro atoms. The van der Waals surface area contributed by atoms with Crippen molar-refractivity contribution in [2.24, 2.45) is 0 Å². The molecule has 2 aliphatic heterocycles. The first-order chi connectivity index (χ1) is 30.6. The number of ether oxygens (including phenoxy) is 1. The van der Waals surface area contributed by atoms with Gasteiger partial charge in [-0.2, -0.15) is 13.5 Å². The Bertz CT molecular complexity index is 2220. The number of ketones is 1. The van der Waals surface area contributed by atoms with Crippen LogP contribution in [0.25, 0.3) is 0 Å². The molecule has 0 aliphatic carbocycles. The topological polar surface area (TPSA) is 143 Å². The van der Waals surface area contributed by atoms with Gasteiger partial charge in [-0.3, -0.25) is 24.0 Å². The zero-order chi connectivity index (χ0) is 45.9. The van der Waals surface area contributed by atoms with Gasteiger partial charge >= 0.3 is 0 Å². The number of amides is 4. The molecule has 0 aromatic heterocycles. The molecule has 346 valence electrons. The average molecular weight is 919 g/mol. The summed E-state index contributed by atoms with van der Waals surface area (Å²) in [7, 11) is -2.96. The highest BCUT2D eigenvalue weighted by Crippen LogP contribution is 2.37. The zero-order valence-electron chi connectivity index (χ0n) is 38.6. The lowest BCUT2D eigenvalue weighted by Gasteiger charge is -2.44. The molecule has 11 nitrogen and oxygen atoms in total. The summed E-state index contributed by atoms with van der Waals surface area (Å²) < 4.78 is 12.9. The van der Waals surface area contributed by atoms with Gasteiger partial charge in [0.2, 0.25) is 23.6 Å². The molecule has 65 heavy (non-hydrogen) atoms. The molecule has 2 fully saturated rings. The number of nitrogens with one attached hydrogen (secondary N) is 3. The number of fused-ring (bicyclic) bond motifs is 1. The molecule has 0 bridgehead atoms. The van der Waals surface area contributed by atoms with E-state index in [0.29, 0.717) is 44.6 Å². The fraction of sp³-hybridized carbons (Fsp3) is 0.404. The Labute approximate surface area is 392 Å². The minimum absolute atomic E-state index is 0. The van der Waals surface area contributed by atoms with Crippen molar-refractivity contribution in [2.75, 3.05) is 6.54 Å². The van der Waals surface area contributed by atoms with Crippen molar-refractivity contribution in [3.63, 3.8) is 0 Å². The van der Waals surface area contributed by atoms with Gasteiger partial charge in [-0.25, -0.2) is 0 Å². The monoisotopic (exact) mass is 918 g/mol. The predicted octanol–water partition coefficient (Wildman–Crippen LogP) is 6.44. The molecule has 4 aromatic carbocycles. The maximum Gasteiger partial charge on any atom is 0.262 e. The van der Waals surface area contributed by atoms with Crippen LogP contribution in [-0.2, 0) is 41.4 Å². The molecule has 2 aliphatic rings. The number of allylic oxidation sites excluding steroid dienone is 1.